The van der Waals surface area contributed by atoms with Crippen LogP contribution in [-0.2, 0) is 0 Å². The van der Waals surface area contributed by atoms with Gasteiger partial charge in [0.25, 0.3) is 0 Å². The van der Waals surface area contributed by atoms with Crippen LogP contribution in [0.3, 0.4) is 0 Å². The van der Waals surface area contributed by atoms with E-state index in [1.54, 1.807) is 0 Å². The highest BCUT2D eigenvalue weighted by atomic mass is 15.8. The van der Waals surface area contributed by atoms with E-state index in [4.69, 9.17) is 0 Å². The van der Waals surface area contributed by atoms with E-state index in [2.05, 4.69) is 28.3 Å². The van der Waals surface area contributed by atoms with E-state index in [0.717, 1.165) is 24.3 Å². The van der Waals surface area contributed by atoms with E-state index >= 15 is 0 Å². The zero-order valence-corrected chi connectivity index (χ0v) is 7.90. The molecule has 3 aliphatic rings. The molecule has 2 aliphatic heterocycles. The molecule has 0 radical (unpaired) electrons. The quantitative estimate of drug-likeness (QED) is 0.605. The molecule has 0 bridgehead atoms. The molecule has 0 aromatic rings. The number of piperidine rings is 1. The topological polar surface area (TPSA) is 30.5 Å². The van der Waals surface area contributed by atoms with Crippen molar-refractivity contribution in [3.8, 4) is 0 Å². The second kappa shape index (κ2) is 2.62. The lowest BCUT2D eigenvalue weighted by Gasteiger charge is -2.20. The summed E-state index contributed by atoms with van der Waals surface area (Å²) in [7, 11) is 2.02. The van der Waals surface area contributed by atoms with E-state index in [1.165, 1.54) is 13.1 Å². The Labute approximate surface area is 78.5 Å². The summed E-state index contributed by atoms with van der Waals surface area (Å²) in [5.74, 6) is 2.84. The lowest BCUT2D eigenvalue weighted by molar-refractivity contribution is 0.152. The van der Waals surface area contributed by atoms with Gasteiger partial charge in [-0.1, -0.05) is 0 Å². The number of nitrogens with zero attached hydrogens (tertiary/aromatic N) is 2. The van der Waals surface area contributed by atoms with Crippen molar-refractivity contribution in [1.82, 2.24) is 20.9 Å². The first-order valence-corrected chi connectivity index (χ1v) is 4.99. The summed E-state index contributed by atoms with van der Waals surface area (Å²) in [4.78, 5) is 0. The molecule has 72 valence electrons. The van der Waals surface area contributed by atoms with Gasteiger partial charge in [-0.05, 0) is 30.8 Å². The van der Waals surface area contributed by atoms with E-state index in [9.17, 15) is 0 Å². The maximum absolute atomic E-state index is 3.42. The Hall–Kier alpha value is -0.740. The molecule has 0 amide bonds. The third-order valence-electron chi connectivity index (χ3n) is 3.43. The minimum absolute atomic E-state index is 0.921. The SMILES string of the molecule is CN1C=CN(CC2C3CNCC32)N1. The van der Waals surface area contributed by atoms with Gasteiger partial charge < -0.3 is 5.32 Å². The first kappa shape index (κ1) is 7.64. The molecule has 3 rings (SSSR count). The van der Waals surface area contributed by atoms with Crippen molar-refractivity contribution >= 4 is 0 Å². The molecule has 2 N–H and O–H groups in total. The van der Waals surface area contributed by atoms with Crippen molar-refractivity contribution in [2.45, 2.75) is 0 Å². The van der Waals surface area contributed by atoms with Gasteiger partial charge in [-0.2, -0.15) is 0 Å². The monoisotopic (exact) mass is 180 g/mol. The van der Waals surface area contributed by atoms with Gasteiger partial charge in [0.05, 0.1) is 0 Å². The summed E-state index contributed by atoms with van der Waals surface area (Å²) in [5, 5.41) is 7.58. The number of nitrogens with one attached hydrogen (secondary N) is 2. The van der Waals surface area contributed by atoms with Crippen molar-refractivity contribution < 1.29 is 0 Å². The normalized spacial score (nSPS) is 41.5. The fourth-order valence-corrected chi connectivity index (χ4v) is 2.60. The Morgan fingerprint density at radius 2 is 2.08 bits per heavy atom. The molecule has 2 unspecified atom stereocenters. The molecule has 1 saturated carbocycles. The summed E-state index contributed by atoms with van der Waals surface area (Å²) in [6.45, 7) is 3.64. The Balaban J connectivity index is 1.52. The maximum atomic E-state index is 3.42. The van der Waals surface area contributed by atoms with Crippen LogP contribution in [-0.4, -0.2) is 36.7 Å². The number of hydrogen-bond acceptors (Lipinski definition) is 4. The summed E-state index contributed by atoms with van der Waals surface area (Å²) < 4.78 is 0. The van der Waals surface area contributed by atoms with Crippen molar-refractivity contribution in [2.24, 2.45) is 17.8 Å². The number of rotatable bonds is 2. The first-order chi connectivity index (χ1) is 6.34. The maximum Gasteiger partial charge on any atom is 0.0390 e. The van der Waals surface area contributed by atoms with Crippen LogP contribution in [0.15, 0.2) is 12.4 Å². The lowest BCUT2D eigenvalue weighted by Crippen LogP contribution is -2.38. The number of hydrazine groups is 2. The zero-order chi connectivity index (χ0) is 8.84. The fraction of sp³-hybridized carbons (Fsp3) is 0.778. The van der Waals surface area contributed by atoms with Crippen LogP contribution in [0.1, 0.15) is 0 Å². The van der Waals surface area contributed by atoms with Crippen LogP contribution in [0, 0.1) is 17.8 Å². The molecular formula is C9H16N4. The van der Waals surface area contributed by atoms with Crippen LogP contribution >= 0.6 is 0 Å². The number of fused-ring (bicyclic) bond motifs is 1. The van der Waals surface area contributed by atoms with Crippen LogP contribution in [0.4, 0.5) is 0 Å². The average Bonchev–Trinajstić information content (AvgIpc) is 2.58. The molecule has 2 atom stereocenters. The second-order valence-corrected chi connectivity index (χ2v) is 4.31. The van der Waals surface area contributed by atoms with Gasteiger partial charge >= 0.3 is 0 Å². The largest absolute Gasteiger partial charge is 0.316 e. The molecule has 0 aromatic carbocycles. The van der Waals surface area contributed by atoms with Gasteiger partial charge in [-0.3, -0.25) is 10.0 Å². The molecule has 0 aromatic heterocycles. The third-order valence-corrected chi connectivity index (χ3v) is 3.43. The van der Waals surface area contributed by atoms with E-state index < -0.39 is 0 Å². The van der Waals surface area contributed by atoms with E-state index in [-0.39, 0.29) is 0 Å². The molecule has 2 heterocycles. The second-order valence-electron chi connectivity index (χ2n) is 4.31. The van der Waals surface area contributed by atoms with Gasteiger partial charge in [0.1, 0.15) is 0 Å². The Kier molecular flexibility index (Phi) is 1.54. The fourth-order valence-electron chi connectivity index (χ4n) is 2.60. The lowest BCUT2D eigenvalue weighted by atomic mass is 10.3. The highest BCUT2D eigenvalue weighted by molar-refractivity contribution is 5.05. The Bertz CT molecular complexity index is 230. The highest BCUT2D eigenvalue weighted by Crippen LogP contribution is 2.48. The van der Waals surface area contributed by atoms with Crippen molar-refractivity contribution in [2.75, 3.05) is 26.7 Å². The summed E-state index contributed by atoms with van der Waals surface area (Å²) in [5.41, 5.74) is 3.25. The van der Waals surface area contributed by atoms with Gasteiger partial charge in [0.15, 0.2) is 0 Å². The molecule has 4 heteroatoms. The minimum Gasteiger partial charge on any atom is -0.316 e. The smallest absolute Gasteiger partial charge is 0.0390 e. The van der Waals surface area contributed by atoms with Gasteiger partial charge in [0, 0.05) is 26.0 Å². The summed E-state index contributed by atoms with van der Waals surface area (Å²) >= 11 is 0. The highest BCUT2D eigenvalue weighted by Gasteiger charge is 2.53. The van der Waals surface area contributed by atoms with E-state index in [1.807, 2.05) is 12.1 Å². The molecule has 1 saturated heterocycles. The Morgan fingerprint density at radius 3 is 2.69 bits per heavy atom. The molecule has 1 aliphatic carbocycles. The van der Waals surface area contributed by atoms with Crippen LogP contribution in [0.25, 0.3) is 0 Å². The Morgan fingerprint density at radius 1 is 1.31 bits per heavy atom. The summed E-state index contributed by atoms with van der Waals surface area (Å²) in [6, 6.07) is 0. The predicted octanol–water partition coefficient (Wildman–Crippen LogP) is -0.410. The van der Waals surface area contributed by atoms with Crippen molar-refractivity contribution in [3.05, 3.63) is 12.4 Å². The molecule has 4 nitrogen and oxygen atoms in total. The van der Waals surface area contributed by atoms with Crippen molar-refractivity contribution in [3.63, 3.8) is 0 Å². The average molecular weight is 180 g/mol. The third kappa shape index (κ3) is 1.21. The summed E-state index contributed by atoms with van der Waals surface area (Å²) in [6.07, 6.45) is 4.16. The van der Waals surface area contributed by atoms with Gasteiger partial charge in [0.2, 0.25) is 0 Å². The standard InChI is InChI=1S/C9H16N4/c1-12-2-3-13(11-12)6-9-7-4-10-5-8(7)9/h2-3,7-11H,4-6H2,1H3. The minimum atomic E-state index is 0.921. The van der Waals surface area contributed by atoms with Gasteiger partial charge in [-0.25, -0.2) is 0 Å². The van der Waals surface area contributed by atoms with Gasteiger partial charge in [-0.15, -0.1) is 5.53 Å². The zero-order valence-electron chi connectivity index (χ0n) is 7.90. The van der Waals surface area contributed by atoms with Crippen LogP contribution in [0.2, 0.25) is 0 Å². The van der Waals surface area contributed by atoms with Crippen molar-refractivity contribution in [1.29, 1.82) is 0 Å². The molecule has 13 heavy (non-hydrogen) atoms. The first-order valence-electron chi connectivity index (χ1n) is 4.99. The van der Waals surface area contributed by atoms with Crippen LogP contribution in [0.5, 0.6) is 0 Å². The molecule has 2 fully saturated rings. The van der Waals surface area contributed by atoms with Crippen LogP contribution < -0.4 is 10.9 Å². The number of hydrogen-bond donors (Lipinski definition) is 2. The van der Waals surface area contributed by atoms with E-state index in [0.29, 0.717) is 0 Å². The molecular weight excluding hydrogens is 164 g/mol. The molecule has 0 spiro atoms. The predicted molar refractivity (Wildman–Crippen MR) is 50.1 cm³/mol.